The molecule has 7 nitrogen and oxygen atoms in total. The van der Waals surface area contributed by atoms with Crippen molar-refractivity contribution in [2.45, 2.75) is 18.9 Å². The van der Waals surface area contributed by atoms with E-state index in [9.17, 15) is 4.79 Å². The van der Waals surface area contributed by atoms with Crippen molar-refractivity contribution < 1.29 is 4.79 Å². The maximum atomic E-state index is 12.8. The van der Waals surface area contributed by atoms with Crippen LogP contribution in [0.15, 0.2) is 24.5 Å². The predicted octanol–water partition coefficient (Wildman–Crippen LogP) is 2.51. The Morgan fingerprint density at radius 2 is 2.32 bits per heavy atom. The molecule has 1 saturated heterocycles. The van der Waals surface area contributed by atoms with Gasteiger partial charge in [-0.15, -0.1) is 11.3 Å². The van der Waals surface area contributed by atoms with Crippen LogP contribution < -0.4 is 21.7 Å². The molecule has 130 valence electrons. The van der Waals surface area contributed by atoms with Crippen LogP contribution >= 0.6 is 22.9 Å². The van der Waals surface area contributed by atoms with Crippen LogP contribution in [0.4, 0.5) is 15.7 Å². The van der Waals surface area contributed by atoms with Gasteiger partial charge in [0.05, 0.1) is 22.1 Å². The maximum Gasteiger partial charge on any atom is 0.261 e. The number of piperidine rings is 1. The summed E-state index contributed by atoms with van der Waals surface area (Å²) < 4.78 is 5.14. The summed E-state index contributed by atoms with van der Waals surface area (Å²) in [5.74, 6) is -0.259. The molecule has 0 radical (unpaired) electrons. The number of nitrogens with two attached hydrogens (primary N) is 2. The SMILES string of the molecule is Nc1sc2cccnc2c1C(=O)Nc1cnsc1N1CCCC(N)C1. The van der Waals surface area contributed by atoms with Gasteiger partial charge in [-0.1, -0.05) is 0 Å². The van der Waals surface area contributed by atoms with E-state index >= 15 is 0 Å². The first-order chi connectivity index (χ1) is 12.1. The van der Waals surface area contributed by atoms with E-state index in [0.29, 0.717) is 21.8 Å². The molecule has 4 rings (SSSR count). The third-order valence-electron chi connectivity index (χ3n) is 4.25. The minimum atomic E-state index is -0.259. The molecule has 1 aliphatic rings. The Morgan fingerprint density at radius 3 is 3.16 bits per heavy atom. The van der Waals surface area contributed by atoms with Crippen molar-refractivity contribution >= 4 is 54.7 Å². The van der Waals surface area contributed by atoms with Gasteiger partial charge in [0, 0.05) is 25.3 Å². The summed E-state index contributed by atoms with van der Waals surface area (Å²) in [6.07, 6.45) is 5.41. The summed E-state index contributed by atoms with van der Waals surface area (Å²) in [6, 6.07) is 3.90. The van der Waals surface area contributed by atoms with Gasteiger partial charge in [0.15, 0.2) is 0 Å². The molecular formula is C16H18N6OS2. The molecule has 25 heavy (non-hydrogen) atoms. The largest absolute Gasteiger partial charge is 0.390 e. The van der Waals surface area contributed by atoms with Gasteiger partial charge in [0.2, 0.25) is 0 Å². The Labute approximate surface area is 152 Å². The third kappa shape index (κ3) is 3.06. The number of fused-ring (bicyclic) bond motifs is 1. The molecule has 3 aromatic rings. The highest BCUT2D eigenvalue weighted by molar-refractivity contribution is 7.23. The molecule has 0 aromatic carbocycles. The standard InChI is InChI=1S/C16H18N6OS2/c17-9-3-2-6-22(8-9)16-10(7-20-25-16)21-15(23)12-13-11(24-14(12)18)4-1-5-19-13/h1,4-5,7,9H,2-3,6,8,17-18H2,(H,21,23). The van der Waals surface area contributed by atoms with Gasteiger partial charge in [-0.3, -0.25) is 9.78 Å². The van der Waals surface area contributed by atoms with E-state index in [-0.39, 0.29) is 11.9 Å². The first-order valence-corrected chi connectivity index (χ1v) is 9.62. The molecule has 1 atom stereocenters. The Bertz CT molecular complexity index is 920. The van der Waals surface area contributed by atoms with E-state index in [0.717, 1.165) is 35.6 Å². The van der Waals surface area contributed by atoms with E-state index in [1.807, 2.05) is 12.1 Å². The summed E-state index contributed by atoms with van der Waals surface area (Å²) in [5, 5.41) is 4.36. The summed E-state index contributed by atoms with van der Waals surface area (Å²) >= 11 is 2.73. The van der Waals surface area contributed by atoms with Gasteiger partial charge in [-0.05, 0) is 36.5 Å². The van der Waals surface area contributed by atoms with E-state index in [1.165, 1.54) is 22.9 Å². The third-order valence-corrected chi connectivity index (χ3v) is 6.08. The van der Waals surface area contributed by atoms with Crippen molar-refractivity contribution in [3.05, 3.63) is 30.1 Å². The number of anilines is 3. The van der Waals surface area contributed by atoms with Crippen LogP contribution in [0.2, 0.25) is 0 Å². The van der Waals surface area contributed by atoms with Crippen LogP contribution in [-0.2, 0) is 0 Å². The predicted molar refractivity (Wildman–Crippen MR) is 104 cm³/mol. The highest BCUT2D eigenvalue weighted by atomic mass is 32.1. The minimum absolute atomic E-state index is 0.153. The number of thiophene rings is 1. The van der Waals surface area contributed by atoms with Crippen LogP contribution in [-0.4, -0.2) is 34.4 Å². The van der Waals surface area contributed by atoms with Crippen molar-refractivity contribution in [2.24, 2.45) is 5.73 Å². The fourth-order valence-electron chi connectivity index (χ4n) is 3.09. The number of rotatable bonds is 3. The van der Waals surface area contributed by atoms with Gasteiger partial charge in [0.1, 0.15) is 15.6 Å². The Balaban J connectivity index is 1.61. The van der Waals surface area contributed by atoms with E-state index < -0.39 is 0 Å². The van der Waals surface area contributed by atoms with Crippen LogP contribution in [0.1, 0.15) is 23.2 Å². The second-order valence-corrected chi connectivity index (χ2v) is 7.90. The summed E-state index contributed by atoms with van der Waals surface area (Å²) in [6.45, 7) is 1.69. The zero-order chi connectivity index (χ0) is 17.4. The summed E-state index contributed by atoms with van der Waals surface area (Å²) in [7, 11) is 0. The second-order valence-electron chi connectivity index (χ2n) is 6.04. The van der Waals surface area contributed by atoms with Crippen molar-refractivity contribution in [3.63, 3.8) is 0 Å². The highest BCUT2D eigenvalue weighted by Crippen LogP contribution is 2.35. The first-order valence-electron chi connectivity index (χ1n) is 8.03. The number of aromatic nitrogens is 2. The van der Waals surface area contributed by atoms with Gasteiger partial charge in [-0.25, -0.2) is 0 Å². The fraction of sp³-hybridized carbons (Fsp3) is 0.312. The zero-order valence-electron chi connectivity index (χ0n) is 13.4. The number of amides is 1. The minimum Gasteiger partial charge on any atom is -0.390 e. The topological polar surface area (TPSA) is 110 Å². The van der Waals surface area contributed by atoms with Crippen LogP contribution in [0.3, 0.4) is 0 Å². The molecule has 1 amide bonds. The van der Waals surface area contributed by atoms with E-state index in [2.05, 4.69) is 19.6 Å². The number of hydrogen-bond acceptors (Lipinski definition) is 8. The van der Waals surface area contributed by atoms with Crippen LogP contribution in [0.5, 0.6) is 0 Å². The quantitative estimate of drug-likeness (QED) is 0.650. The second kappa shape index (κ2) is 6.58. The number of nitrogens with one attached hydrogen (secondary N) is 1. The lowest BCUT2D eigenvalue weighted by Gasteiger charge is -2.31. The molecule has 1 aliphatic heterocycles. The smallest absolute Gasteiger partial charge is 0.261 e. The lowest BCUT2D eigenvalue weighted by atomic mass is 10.1. The molecule has 1 unspecified atom stereocenters. The summed E-state index contributed by atoms with van der Waals surface area (Å²) in [4.78, 5) is 19.3. The molecule has 0 saturated carbocycles. The van der Waals surface area contributed by atoms with Crippen molar-refractivity contribution in [2.75, 3.05) is 29.0 Å². The molecule has 3 aromatic heterocycles. The normalized spacial score (nSPS) is 17.8. The van der Waals surface area contributed by atoms with Crippen LogP contribution in [0, 0.1) is 0 Å². The number of nitrogens with zero attached hydrogens (tertiary/aromatic N) is 3. The molecule has 5 N–H and O–H groups in total. The van der Waals surface area contributed by atoms with Crippen molar-refractivity contribution in [1.82, 2.24) is 9.36 Å². The number of hydrogen-bond donors (Lipinski definition) is 3. The van der Waals surface area contributed by atoms with Crippen molar-refractivity contribution in [3.8, 4) is 0 Å². The van der Waals surface area contributed by atoms with Gasteiger partial charge < -0.3 is 21.7 Å². The number of nitrogen functional groups attached to an aromatic ring is 1. The molecule has 4 heterocycles. The maximum absolute atomic E-state index is 12.8. The lowest BCUT2D eigenvalue weighted by molar-refractivity contribution is 0.102. The molecule has 0 aliphatic carbocycles. The average molecular weight is 374 g/mol. The number of carbonyl (C=O) groups is 1. The van der Waals surface area contributed by atoms with Crippen LogP contribution in [0.25, 0.3) is 10.2 Å². The average Bonchev–Trinajstić information content (AvgIpc) is 3.17. The molecule has 1 fully saturated rings. The van der Waals surface area contributed by atoms with Crippen molar-refractivity contribution in [1.29, 1.82) is 0 Å². The number of carbonyl (C=O) groups excluding carboxylic acids is 1. The first kappa shape index (κ1) is 16.2. The monoisotopic (exact) mass is 374 g/mol. The molecule has 0 spiro atoms. The van der Waals surface area contributed by atoms with Gasteiger partial charge >= 0.3 is 0 Å². The molecule has 0 bridgehead atoms. The molecule has 9 heteroatoms. The zero-order valence-corrected chi connectivity index (χ0v) is 15.1. The van der Waals surface area contributed by atoms with E-state index in [1.54, 1.807) is 12.4 Å². The van der Waals surface area contributed by atoms with Gasteiger partial charge in [-0.2, -0.15) is 4.37 Å². The number of pyridine rings is 1. The fourth-order valence-corrected chi connectivity index (χ4v) is 4.76. The Kier molecular flexibility index (Phi) is 4.28. The van der Waals surface area contributed by atoms with Gasteiger partial charge in [0.25, 0.3) is 5.91 Å². The summed E-state index contributed by atoms with van der Waals surface area (Å²) in [5.41, 5.74) is 13.9. The van der Waals surface area contributed by atoms with E-state index in [4.69, 9.17) is 11.5 Å². The molecular weight excluding hydrogens is 356 g/mol. The highest BCUT2D eigenvalue weighted by Gasteiger charge is 2.24. The Hall–Kier alpha value is -2.23. The lowest BCUT2D eigenvalue weighted by Crippen LogP contribution is -2.42. The Morgan fingerprint density at radius 1 is 1.44 bits per heavy atom.